The van der Waals surface area contributed by atoms with Crippen molar-refractivity contribution in [2.24, 2.45) is 22.5 Å². The summed E-state index contributed by atoms with van der Waals surface area (Å²) in [5.74, 6) is 0.331. The first kappa shape index (κ1) is 8.79. The second-order valence-corrected chi connectivity index (χ2v) is 5.14. The maximum atomic E-state index is 11.2. The number of rotatable bonds is 1. The summed E-state index contributed by atoms with van der Waals surface area (Å²) in [5, 5.41) is 0. The largest absolute Gasteiger partial charge is 0.366 e. The summed E-state index contributed by atoms with van der Waals surface area (Å²) in [7, 11) is 0. The fraction of sp³-hybridized carbons (Fsp3) is 0.727. The Hall–Kier alpha value is -0.790. The summed E-state index contributed by atoms with van der Waals surface area (Å²) in [6.45, 7) is 6.67. The van der Waals surface area contributed by atoms with Crippen molar-refractivity contribution in [2.45, 2.75) is 33.6 Å². The van der Waals surface area contributed by atoms with Gasteiger partial charge in [0, 0.05) is 11.0 Å². The second kappa shape index (κ2) is 2.17. The number of fused-ring (bicyclic) bond motifs is 2. The molecule has 72 valence electrons. The topological polar surface area (TPSA) is 43.1 Å². The Labute approximate surface area is 79.2 Å². The number of carbonyl (C=O) groups is 1. The normalized spacial score (nSPS) is 40.5. The second-order valence-electron chi connectivity index (χ2n) is 5.14. The van der Waals surface area contributed by atoms with E-state index in [9.17, 15) is 4.79 Å². The van der Waals surface area contributed by atoms with Crippen LogP contribution in [0.25, 0.3) is 0 Å². The Morgan fingerprint density at radius 1 is 1.54 bits per heavy atom. The fourth-order valence-corrected chi connectivity index (χ4v) is 3.05. The molecule has 2 aliphatic rings. The molecule has 2 N–H and O–H groups in total. The molecule has 2 atom stereocenters. The van der Waals surface area contributed by atoms with Crippen LogP contribution in [0.3, 0.4) is 0 Å². The van der Waals surface area contributed by atoms with E-state index in [2.05, 4.69) is 26.8 Å². The van der Waals surface area contributed by atoms with Crippen LogP contribution >= 0.6 is 0 Å². The van der Waals surface area contributed by atoms with Gasteiger partial charge >= 0.3 is 0 Å². The number of primary amides is 1. The van der Waals surface area contributed by atoms with Crippen LogP contribution in [0, 0.1) is 16.7 Å². The molecule has 1 fully saturated rings. The molecule has 0 aromatic rings. The molecule has 0 aromatic heterocycles. The molecule has 0 radical (unpaired) electrons. The van der Waals surface area contributed by atoms with Crippen LogP contribution in [-0.4, -0.2) is 5.91 Å². The molecular weight excluding hydrogens is 162 g/mol. The van der Waals surface area contributed by atoms with Gasteiger partial charge in [-0.15, -0.1) is 0 Å². The van der Waals surface area contributed by atoms with Crippen LogP contribution in [0.1, 0.15) is 33.6 Å². The highest BCUT2D eigenvalue weighted by molar-refractivity contribution is 5.94. The van der Waals surface area contributed by atoms with Crippen molar-refractivity contribution in [1.82, 2.24) is 0 Å². The average Bonchev–Trinajstić information content (AvgIpc) is 2.34. The number of hydrogen-bond donors (Lipinski definition) is 1. The van der Waals surface area contributed by atoms with Gasteiger partial charge in [0.05, 0.1) is 0 Å². The third kappa shape index (κ3) is 0.812. The summed E-state index contributed by atoms with van der Waals surface area (Å²) < 4.78 is 0. The minimum atomic E-state index is -0.224. The Morgan fingerprint density at radius 2 is 2.15 bits per heavy atom. The average molecular weight is 179 g/mol. The lowest BCUT2D eigenvalue weighted by atomic mass is 9.67. The molecule has 2 aliphatic carbocycles. The summed E-state index contributed by atoms with van der Waals surface area (Å²) >= 11 is 0. The van der Waals surface area contributed by atoms with Gasteiger partial charge in [-0.2, -0.15) is 0 Å². The van der Waals surface area contributed by atoms with Gasteiger partial charge in [-0.05, 0) is 24.2 Å². The zero-order valence-corrected chi connectivity index (χ0v) is 8.55. The van der Waals surface area contributed by atoms with Crippen molar-refractivity contribution in [3.05, 3.63) is 11.6 Å². The maximum absolute atomic E-state index is 11.2. The van der Waals surface area contributed by atoms with Gasteiger partial charge < -0.3 is 5.73 Å². The SMILES string of the molecule is CC1(C)[C@H]2C=C(C(N)=O)[C@]1(C)CC2. The highest BCUT2D eigenvalue weighted by Crippen LogP contribution is 2.64. The van der Waals surface area contributed by atoms with Crippen LogP contribution in [0.2, 0.25) is 0 Å². The van der Waals surface area contributed by atoms with Gasteiger partial charge in [0.15, 0.2) is 0 Å². The van der Waals surface area contributed by atoms with E-state index in [4.69, 9.17) is 5.73 Å². The van der Waals surface area contributed by atoms with Crippen molar-refractivity contribution in [2.75, 3.05) is 0 Å². The number of amides is 1. The highest BCUT2D eigenvalue weighted by Gasteiger charge is 2.58. The van der Waals surface area contributed by atoms with E-state index >= 15 is 0 Å². The number of hydrogen-bond acceptors (Lipinski definition) is 1. The monoisotopic (exact) mass is 179 g/mol. The van der Waals surface area contributed by atoms with Gasteiger partial charge in [-0.1, -0.05) is 26.8 Å². The van der Waals surface area contributed by atoms with Crippen LogP contribution in [0.4, 0.5) is 0 Å². The lowest BCUT2D eigenvalue weighted by Crippen LogP contribution is -2.34. The minimum absolute atomic E-state index is 0.0312. The Morgan fingerprint density at radius 3 is 2.38 bits per heavy atom. The minimum Gasteiger partial charge on any atom is -0.366 e. The van der Waals surface area contributed by atoms with Gasteiger partial charge in [-0.3, -0.25) is 4.79 Å². The molecule has 0 aliphatic heterocycles. The maximum Gasteiger partial charge on any atom is 0.244 e. The predicted molar refractivity (Wildman–Crippen MR) is 51.9 cm³/mol. The predicted octanol–water partition coefficient (Wildman–Crippen LogP) is 1.85. The molecule has 0 spiro atoms. The molecule has 0 aromatic carbocycles. The summed E-state index contributed by atoms with van der Waals surface area (Å²) in [6, 6.07) is 0. The van der Waals surface area contributed by atoms with E-state index in [0.29, 0.717) is 5.92 Å². The Balaban J connectivity index is 2.49. The standard InChI is InChI=1S/C11H17NO/c1-10(2)7-4-5-11(10,3)8(6-7)9(12)13/h6-7H,4-5H2,1-3H3,(H2,12,13)/t7-,11+/m1/s1. The lowest BCUT2D eigenvalue weighted by molar-refractivity contribution is -0.116. The van der Waals surface area contributed by atoms with Crippen LogP contribution < -0.4 is 5.73 Å². The van der Waals surface area contributed by atoms with Gasteiger partial charge in [0.1, 0.15) is 0 Å². The highest BCUT2D eigenvalue weighted by atomic mass is 16.1. The van der Waals surface area contributed by atoms with Crippen LogP contribution in [-0.2, 0) is 4.79 Å². The number of carbonyl (C=O) groups excluding carboxylic acids is 1. The Bertz CT molecular complexity index is 303. The van der Waals surface area contributed by atoms with Crippen LogP contribution in [0.5, 0.6) is 0 Å². The third-order valence-corrected chi connectivity index (χ3v) is 4.53. The molecule has 1 saturated carbocycles. The van der Waals surface area contributed by atoms with Gasteiger partial charge in [-0.25, -0.2) is 0 Å². The van der Waals surface area contributed by atoms with E-state index in [1.54, 1.807) is 0 Å². The molecule has 2 heteroatoms. The number of allylic oxidation sites excluding steroid dienone is 1. The summed E-state index contributed by atoms with van der Waals surface area (Å²) in [6.07, 6.45) is 4.42. The van der Waals surface area contributed by atoms with E-state index in [1.807, 2.05) is 0 Å². The van der Waals surface area contributed by atoms with E-state index < -0.39 is 0 Å². The summed E-state index contributed by atoms with van der Waals surface area (Å²) in [5.41, 5.74) is 6.50. The summed E-state index contributed by atoms with van der Waals surface area (Å²) in [4.78, 5) is 11.2. The molecule has 2 bridgehead atoms. The van der Waals surface area contributed by atoms with Crippen molar-refractivity contribution in [3.8, 4) is 0 Å². The molecular formula is C11H17NO. The zero-order chi connectivity index (χ0) is 9.85. The van der Waals surface area contributed by atoms with Crippen molar-refractivity contribution >= 4 is 5.91 Å². The van der Waals surface area contributed by atoms with E-state index in [-0.39, 0.29) is 16.7 Å². The van der Waals surface area contributed by atoms with Gasteiger partial charge in [0.2, 0.25) is 5.91 Å². The number of nitrogens with two attached hydrogens (primary N) is 1. The molecule has 2 nitrogen and oxygen atoms in total. The molecule has 2 rings (SSSR count). The zero-order valence-electron chi connectivity index (χ0n) is 8.55. The van der Waals surface area contributed by atoms with Crippen molar-refractivity contribution in [1.29, 1.82) is 0 Å². The molecule has 13 heavy (non-hydrogen) atoms. The van der Waals surface area contributed by atoms with Crippen molar-refractivity contribution < 1.29 is 4.79 Å². The fourth-order valence-electron chi connectivity index (χ4n) is 3.05. The first-order valence-corrected chi connectivity index (χ1v) is 4.92. The smallest absolute Gasteiger partial charge is 0.244 e. The molecule has 0 saturated heterocycles. The first-order valence-electron chi connectivity index (χ1n) is 4.92. The first-order chi connectivity index (χ1) is 5.89. The van der Waals surface area contributed by atoms with Crippen LogP contribution in [0.15, 0.2) is 11.6 Å². The molecule has 0 heterocycles. The molecule has 1 amide bonds. The Kier molecular flexibility index (Phi) is 1.47. The van der Waals surface area contributed by atoms with Crippen molar-refractivity contribution in [3.63, 3.8) is 0 Å². The molecule has 0 unspecified atom stereocenters. The quantitative estimate of drug-likeness (QED) is 0.656. The van der Waals surface area contributed by atoms with Gasteiger partial charge in [0.25, 0.3) is 0 Å². The third-order valence-electron chi connectivity index (χ3n) is 4.53. The lowest BCUT2D eigenvalue weighted by Gasteiger charge is -2.36. The van der Waals surface area contributed by atoms with E-state index in [0.717, 1.165) is 12.0 Å². The van der Waals surface area contributed by atoms with E-state index in [1.165, 1.54) is 6.42 Å².